The summed E-state index contributed by atoms with van der Waals surface area (Å²) in [6, 6.07) is 0. The molecule has 0 aliphatic carbocycles. The maximum absolute atomic E-state index is 12.1. The molecule has 0 radical (unpaired) electrons. The van der Waals surface area contributed by atoms with E-state index in [0.717, 1.165) is 52.0 Å². The molecule has 0 unspecified atom stereocenters. The van der Waals surface area contributed by atoms with Crippen LogP contribution in [0.2, 0.25) is 0 Å². The van der Waals surface area contributed by atoms with Crippen molar-refractivity contribution < 1.29 is 9.59 Å². The Hall–Kier alpha value is -0.810. The highest BCUT2D eigenvalue weighted by Gasteiger charge is 2.27. The third-order valence-corrected chi connectivity index (χ3v) is 4.15. The molecule has 0 spiro atoms. The molecule has 0 atom stereocenters. The first-order chi connectivity index (χ1) is 9.20. The normalized spacial score (nSPS) is 20.1. The molecular formula is C14H26ClN3O2. The molecular weight excluding hydrogens is 278 g/mol. The van der Waals surface area contributed by atoms with Crippen LogP contribution in [0.25, 0.3) is 0 Å². The molecule has 0 bridgehead atoms. The molecule has 0 saturated carbocycles. The molecule has 1 N–H and O–H groups in total. The van der Waals surface area contributed by atoms with E-state index in [1.807, 2.05) is 4.90 Å². The predicted molar refractivity (Wildman–Crippen MR) is 80.9 cm³/mol. The van der Waals surface area contributed by atoms with Gasteiger partial charge in [-0.05, 0) is 38.3 Å². The average molecular weight is 304 g/mol. The fraction of sp³-hybridized carbons (Fsp3) is 0.857. The fourth-order valence-corrected chi connectivity index (χ4v) is 2.87. The van der Waals surface area contributed by atoms with E-state index in [2.05, 4.69) is 12.2 Å². The highest BCUT2D eigenvalue weighted by molar-refractivity contribution is 5.86. The Kier molecular flexibility index (Phi) is 7.30. The van der Waals surface area contributed by atoms with E-state index in [1.54, 1.807) is 4.90 Å². The number of likely N-dealkylation sites (tertiary alicyclic amines) is 2. The summed E-state index contributed by atoms with van der Waals surface area (Å²) in [6.07, 6.45) is 3.66. The molecule has 20 heavy (non-hydrogen) atoms. The maximum Gasteiger partial charge on any atom is 0.242 e. The molecule has 2 saturated heterocycles. The minimum Gasteiger partial charge on any atom is -0.341 e. The number of hydrogen-bond acceptors (Lipinski definition) is 3. The molecule has 116 valence electrons. The van der Waals surface area contributed by atoms with Crippen LogP contribution in [-0.2, 0) is 9.59 Å². The van der Waals surface area contributed by atoms with Crippen LogP contribution in [0.3, 0.4) is 0 Å². The zero-order chi connectivity index (χ0) is 13.7. The Morgan fingerprint density at radius 3 is 2.55 bits per heavy atom. The van der Waals surface area contributed by atoms with Crippen molar-refractivity contribution in [3.63, 3.8) is 0 Å². The van der Waals surface area contributed by atoms with Gasteiger partial charge in [0.2, 0.25) is 11.8 Å². The second kappa shape index (κ2) is 8.47. The first-order valence-electron chi connectivity index (χ1n) is 7.47. The smallest absolute Gasteiger partial charge is 0.242 e. The van der Waals surface area contributed by atoms with Gasteiger partial charge in [0.05, 0.1) is 6.54 Å². The molecule has 5 nitrogen and oxygen atoms in total. The highest BCUT2D eigenvalue weighted by Crippen LogP contribution is 2.17. The van der Waals surface area contributed by atoms with Crippen LogP contribution in [-0.4, -0.2) is 60.9 Å². The Morgan fingerprint density at radius 2 is 2.00 bits per heavy atom. The van der Waals surface area contributed by atoms with Crippen LogP contribution < -0.4 is 5.32 Å². The lowest BCUT2D eigenvalue weighted by Gasteiger charge is -2.33. The van der Waals surface area contributed by atoms with Crippen LogP contribution in [0.15, 0.2) is 0 Å². The predicted octanol–water partition coefficient (Wildman–Crippen LogP) is 0.879. The third-order valence-electron chi connectivity index (χ3n) is 4.15. The summed E-state index contributed by atoms with van der Waals surface area (Å²) in [6.45, 7) is 6.91. The quantitative estimate of drug-likeness (QED) is 0.820. The Labute approximate surface area is 127 Å². The second-order valence-corrected chi connectivity index (χ2v) is 5.55. The van der Waals surface area contributed by atoms with E-state index in [9.17, 15) is 9.59 Å². The van der Waals surface area contributed by atoms with Crippen molar-refractivity contribution in [2.24, 2.45) is 5.92 Å². The Morgan fingerprint density at radius 1 is 1.30 bits per heavy atom. The van der Waals surface area contributed by atoms with E-state index in [0.29, 0.717) is 12.3 Å². The summed E-state index contributed by atoms with van der Waals surface area (Å²) in [7, 11) is 0. The van der Waals surface area contributed by atoms with Gasteiger partial charge in [0.1, 0.15) is 0 Å². The number of nitrogens with one attached hydrogen (secondary N) is 1. The van der Waals surface area contributed by atoms with E-state index < -0.39 is 0 Å². The standard InChI is InChI=1S/C14H25N3O2.ClH/c1-2-15-10-12-5-8-16(9-6-12)14(19)11-17-7-3-4-13(17)18;/h12,15H,2-11H2,1H3;1H. The van der Waals surface area contributed by atoms with Crippen LogP contribution in [0.1, 0.15) is 32.6 Å². The summed E-state index contributed by atoms with van der Waals surface area (Å²) in [5, 5.41) is 3.37. The highest BCUT2D eigenvalue weighted by atomic mass is 35.5. The van der Waals surface area contributed by atoms with E-state index in [1.165, 1.54) is 0 Å². The third kappa shape index (κ3) is 4.63. The van der Waals surface area contributed by atoms with Gasteiger partial charge >= 0.3 is 0 Å². The van der Waals surface area contributed by atoms with Crippen molar-refractivity contribution in [3.05, 3.63) is 0 Å². The Bertz CT molecular complexity index is 330. The number of carbonyl (C=O) groups excluding carboxylic acids is 2. The number of piperidine rings is 1. The van der Waals surface area contributed by atoms with Gasteiger partial charge in [-0.2, -0.15) is 0 Å². The number of nitrogens with zero attached hydrogens (tertiary/aromatic N) is 2. The van der Waals surface area contributed by atoms with Gasteiger partial charge in [0.15, 0.2) is 0 Å². The summed E-state index contributed by atoms with van der Waals surface area (Å²) in [5.74, 6) is 0.949. The van der Waals surface area contributed by atoms with Crippen LogP contribution >= 0.6 is 12.4 Å². The number of amides is 2. The average Bonchev–Trinajstić information content (AvgIpc) is 2.82. The van der Waals surface area contributed by atoms with Gasteiger partial charge in [0, 0.05) is 26.1 Å². The molecule has 2 heterocycles. The van der Waals surface area contributed by atoms with Gasteiger partial charge in [-0.1, -0.05) is 6.92 Å². The van der Waals surface area contributed by atoms with Crippen LogP contribution in [0.4, 0.5) is 0 Å². The summed E-state index contributed by atoms with van der Waals surface area (Å²) >= 11 is 0. The molecule has 0 aromatic heterocycles. The van der Waals surface area contributed by atoms with Gasteiger partial charge in [-0.3, -0.25) is 9.59 Å². The zero-order valence-corrected chi connectivity index (χ0v) is 13.1. The van der Waals surface area contributed by atoms with E-state index >= 15 is 0 Å². The lowest BCUT2D eigenvalue weighted by molar-refractivity contribution is -0.139. The topological polar surface area (TPSA) is 52.7 Å². The van der Waals surface area contributed by atoms with Crippen molar-refractivity contribution in [1.29, 1.82) is 0 Å². The minimum absolute atomic E-state index is 0. The van der Waals surface area contributed by atoms with Crippen molar-refractivity contribution in [2.75, 3.05) is 39.3 Å². The van der Waals surface area contributed by atoms with Crippen molar-refractivity contribution >= 4 is 24.2 Å². The summed E-state index contributed by atoms with van der Waals surface area (Å²) < 4.78 is 0. The van der Waals surface area contributed by atoms with Crippen LogP contribution in [0.5, 0.6) is 0 Å². The lowest BCUT2D eigenvalue weighted by Crippen LogP contribution is -2.45. The van der Waals surface area contributed by atoms with Gasteiger partial charge in [-0.25, -0.2) is 0 Å². The van der Waals surface area contributed by atoms with E-state index in [4.69, 9.17) is 0 Å². The van der Waals surface area contributed by atoms with Crippen molar-refractivity contribution in [2.45, 2.75) is 32.6 Å². The summed E-state index contributed by atoms with van der Waals surface area (Å²) in [5.41, 5.74) is 0. The monoisotopic (exact) mass is 303 g/mol. The molecule has 2 amide bonds. The number of carbonyl (C=O) groups is 2. The second-order valence-electron chi connectivity index (χ2n) is 5.55. The minimum atomic E-state index is 0. The van der Waals surface area contributed by atoms with Gasteiger partial charge < -0.3 is 15.1 Å². The molecule has 0 aromatic rings. The number of hydrogen-bond donors (Lipinski definition) is 1. The first-order valence-corrected chi connectivity index (χ1v) is 7.47. The zero-order valence-electron chi connectivity index (χ0n) is 12.3. The summed E-state index contributed by atoms with van der Waals surface area (Å²) in [4.78, 5) is 27.3. The molecule has 6 heteroatoms. The molecule has 2 aliphatic rings. The molecule has 2 rings (SSSR count). The largest absolute Gasteiger partial charge is 0.341 e. The van der Waals surface area contributed by atoms with Crippen molar-refractivity contribution in [1.82, 2.24) is 15.1 Å². The number of halogens is 1. The number of rotatable bonds is 5. The molecule has 2 fully saturated rings. The Balaban J connectivity index is 0.00000200. The van der Waals surface area contributed by atoms with Gasteiger partial charge in [-0.15, -0.1) is 12.4 Å². The van der Waals surface area contributed by atoms with Gasteiger partial charge in [0.25, 0.3) is 0 Å². The first kappa shape index (κ1) is 17.2. The van der Waals surface area contributed by atoms with E-state index in [-0.39, 0.29) is 30.8 Å². The molecule has 2 aliphatic heterocycles. The lowest BCUT2D eigenvalue weighted by atomic mass is 9.97. The fourth-order valence-electron chi connectivity index (χ4n) is 2.87. The molecule has 0 aromatic carbocycles. The van der Waals surface area contributed by atoms with Crippen LogP contribution in [0, 0.1) is 5.92 Å². The SMILES string of the molecule is CCNCC1CCN(C(=O)CN2CCCC2=O)CC1.Cl. The maximum atomic E-state index is 12.1. The van der Waals surface area contributed by atoms with Crippen molar-refractivity contribution in [3.8, 4) is 0 Å².